The zero-order valence-corrected chi connectivity index (χ0v) is 9.79. The van der Waals surface area contributed by atoms with Gasteiger partial charge in [-0.1, -0.05) is 12.8 Å². The van der Waals surface area contributed by atoms with E-state index < -0.39 is 0 Å². The van der Waals surface area contributed by atoms with Crippen LogP contribution in [0.4, 0.5) is 4.79 Å². The van der Waals surface area contributed by atoms with E-state index in [1.807, 2.05) is 6.92 Å². The maximum Gasteiger partial charge on any atom is 0.407 e. The molecular formula is C11H22N2O2. The van der Waals surface area contributed by atoms with Gasteiger partial charge in [0.25, 0.3) is 0 Å². The van der Waals surface area contributed by atoms with Gasteiger partial charge >= 0.3 is 6.09 Å². The monoisotopic (exact) mass is 214 g/mol. The lowest BCUT2D eigenvalue weighted by Gasteiger charge is -2.23. The fraction of sp³-hybridized carbons (Fsp3) is 0.909. The highest BCUT2D eigenvalue weighted by Gasteiger charge is 2.18. The second kappa shape index (κ2) is 6.67. The van der Waals surface area contributed by atoms with Crippen molar-refractivity contribution in [1.82, 2.24) is 10.2 Å². The van der Waals surface area contributed by atoms with Gasteiger partial charge in [0.2, 0.25) is 0 Å². The molecule has 0 radical (unpaired) electrons. The van der Waals surface area contributed by atoms with Crippen LogP contribution in [0, 0.1) is 0 Å². The Morgan fingerprint density at radius 1 is 1.47 bits per heavy atom. The SMILES string of the molecule is CCOC(=O)NCCN(C)C1CCCC1. The number of ether oxygens (including phenoxy) is 1. The van der Waals surface area contributed by atoms with Crippen LogP contribution in [0.15, 0.2) is 0 Å². The average molecular weight is 214 g/mol. The molecule has 1 amide bonds. The van der Waals surface area contributed by atoms with E-state index in [1.165, 1.54) is 25.7 Å². The third kappa shape index (κ3) is 4.51. The zero-order chi connectivity index (χ0) is 11.1. The third-order valence-corrected chi connectivity index (χ3v) is 2.96. The van der Waals surface area contributed by atoms with Crippen molar-refractivity contribution < 1.29 is 9.53 Å². The van der Waals surface area contributed by atoms with E-state index in [4.69, 9.17) is 4.74 Å². The Balaban J connectivity index is 2.05. The number of hydrogen-bond acceptors (Lipinski definition) is 3. The molecule has 0 unspecified atom stereocenters. The number of nitrogens with zero attached hydrogens (tertiary/aromatic N) is 1. The van der Waals surface area contributed by atoms with E-state index in [9.17, 15) is 4.79 Å². The smallest absolute Gasteiger partial charge is 0.407 e. The van der Waals surface area contributed by atoms with Gasteiger partial charge < -0.3 is 15.0 Å². The van der Waals surface area contributed by atoms with E-state index in [1.54, 1.807) is 0 Å². The summed E-state index contributed by atoms with van der Waals surface area (Å²) < 4.78 is 4.78. The molecule has 1 aliphatic carbocycles. The van der Waals surface area contributed by atoms with Crippen LogP contribution in [0.1, 0.15) is 32.6 Å². The molecule has 0 aromatic carbocycles. The molecule has 15 heavy (non-hydrogen) atoms. The molecule has 88 valence electrons. The Morgan fingerprint density at radius 3 is 2.73 bits per heavy atom. The van der Waals surface area contributed by atoms with Gasteiger partial charge in [0.1, 0.15) is 0 Å². The molecule has 0 bridgehead atoms. The molecule has 0 aromatic heterocycles. The molecule has 1 rings (SSSR count). The lowest BCUT2D eigenvalue weighted by atomic mass is 10.2. The highest BCUT2D eigenvalue weighted by atomic mass is 16.5. The van der Waals surface area contributed by atoms with E-state index >= 15 is 0 Å². The van der Waals surface area contributed by atoms with Crippen molar-refractivity contribution in [1.29, 1.82) is 0 Å². The van der Waals surface area contributed by atoms with Crippen LogP contribution in [0.25, 0.3) is 0 Å². The summed E-state index contributed by atoms with van der Waals surface area (Å²) in [6.45, 7) is 3.82. The van der Waals surface area contributed by atoms with Gasteiger partial charge in [0.05, 0.1) is 6.61 Å². The van der Waals surface area contributed by atoms with Gasteiger partial charge in [-0.3, -0.25) is 0 Å². The molecule has 0 aliphatic heterocycles. The number of likely N-dealkylation sites (N-methyl/N-ethyl adjacent to an activating group) is 1. The fourth-order valence-corrected chi connectivity index (χ4v) is 2.04. The molecule has 1 saturated carbocycles. The quantitative estimate of drug-likeness (QED) is 0.756. The molecule has 0 atom stereocenters. The number of hydrogen-bond donors (Lipinski definition) is 1. The number of alkyl carbamates (subject to hydrolysis) is 1. The largest absolute Gasteiger partial charge is 0.450 e. The summed E-state index contributed by atoms with van der Waals surface area (Å²) in [6, 6.07) is 0.717. The topological polar surface area (TPSA) is 41.6 Å². The summed E-state index contributed by atoms with van der Waals surface area (Å²) in [7, 11) is 2.13. The number of amides is 1. The van der Waals surface area contributed by atoms with Crippen molar-refractivity contribution in [3.05, 3.63) is 0 Å². The van der Waals surface area contributed by atoms with Crippen molar-refractivity contribution >= 4 is 6.09 Å². The maximum atomic E-state index is 11.0. The summed E-state index contributed by atoms with van der Waals surface area (Å²) in [5, 5.41) is 2.74. The Morgan fingerprint density at radius 2 is 2.13 bits per heavy atom. The molecule has 4 nitrogen and oxygen atoms in total. The van der Waals surface area contributed by atoms with Crippen molar-refractivity contribution in [3.8, 4) is 0 Å². The van der Waals surface area contributed by atoms with Crippen LogP contribution in [0.2, 0.25) is 0 Å². The normalized spacial score (nSPS) is 17.0. The Kier molecular flexibility index (Phi) is 5.47. The second-order valence-corrected chi connectivity index (χ2v) is 4.07. The maximum absolute atomic E-state index is 11.0. The predicted molar refractivity (Wildman–Crippen MR) is 59.9 cm³/mol. The predicted octanol–water partition coefficient (Wildman–Crippen LogP) is 1.61. The van der Waals surface area contributed by atoms with Crippen LogP contribution < -0.4 is 5.32 Å². The van der Waals surface area contributed by atoms with Crippen molar-refractivity contribution in [2.24, 2.45) is 0 Å². The average Bonchev–Trinajstić information content (AvgIpc) is 2.70. The van der Waals surface area contributed by atoms with Crippen LogP contribution in [0.3, 0.4) is 0 Å². The number of nitrogens with one attached hydrogen (secondary N) is 1. The second-order valence-electron chi connectivity index (χ2n) is 4.07. The lowest BCUT2D eigenvalue weighted by molar-refractivity contribution is 0.149. The number of carbonyl (C=O) groups excluding carboxylic acids is 1. The fourth-order valence-electron chi connectivity index (χ4n) is 2.04. The molecule has 0 saturated heterocycles. The van der Waals surface area contributed by atoms with Gasteiger partial charge in [0.15, 0.2) is 0 Å². The Bertz CT molecular complexity index is 191. The summed E-state index contributed by atoms with van der Waals surface area (Å²) in [4.78, 5) is 13.3. The summed E-state index contributed by atoms with van der Waals surface area (Å²) >= 11 is 0. The van der Waals surface area contributed by atoms with Crippen LogP contribution >= 0.6 is 0 Å². The van der Waals surface area contributed by atoms with Crippen LogP contribution in [-0.2, 0) is 4.74 Å². The van der Waals surface area contributed by atoms with Gasteiger partial charge in [-0.2, -0.15) is 0 Å². The molecule has 0 heterocycles. The summed E-state index contributed by atoms with van der Waals surface area (Å²) in [5.41, 5.74) is 0. The third-order valence-electron chi connectivity index (χ3n) is 2.96. The van der Waals surface area contributed by atoms with Crippen molar-refractivity contribution in [3.63, 3.8) is 0 Å². The molecule has 0 spiro atoms. The zero-order valence-electron chi connectivity index (χ0n) is 9.79. The first kappa shape index (κ1) is 12.3. The summed E-state index contributed by atoms with van der Waals surface area (Å²) in [5.74, 6) is 0. The standard InChI is InChI=1S/C11H22N2O2/c1-3-15-11(14)12-8-9-13(2)10-6-4-5-7-10/h10H,3-9H2,1-2H3,(H,12,14). The van der Waals surface area contributed by atoms with E-state index in [-0.39, 0.29) is 6.09 Å². The van der Waals surface area contributed by atoms with E-state index in [2.05, 4.69) is 17.3 Å². The van der Waals surface area contributed by atoms with Gasteiger partial charge in [-0.05, 0) is 26.8 Å². The van der Waals surface area contributed by atoms with E-state index in [0.717, 1.165) is 6.54 Å². The highest BCUT2D eigenvalue weighted by molar-refractivity contribution is 5.66. The number of rotatable bonds is 5. The molecule has 1 fully saturated rings. The molecule has 4 heteroatoms. The summed E-state index contributed by atoms with van der Waals surface area (Å²) in [6.07, 6.45) is 4.99. The minimum Gasteiger partial charge on any atom is -0.450 e. The van der Waals surface area contributed by atoms with Gasteiger partial charge in [0, 0.05) is 19.1 Å². The molecule has 0 aromatic rings. The minimum atomic E-state index is -0.308. The molecular weight excluding hydrogens is 192 g/mol. The van der Waals surface area contributed by atoms with Gasteiger partial charge in [-0.25, -0.2) is 4.79 Å². The van der Waals surface area contributed by atoms with Gasteiger partial charge in [-0.15, -0.1) is 0 Å². The first-order valence-corrected chi connectivity index (χ1v) is 5.85. The first-order chi connectivity index (χ1) is 7.24. The van der Waals surface area contributed by atoms with Crippen LogP contribution in [-0.4, -0.2) is 43.8 Å². The Labute approximate surface area is 92.0 Å². The Hall–Kier alpha value is -0.770. The van der Waals surface area contributed by atoms with E-state index in [0.29, 0.717) is 19.2 Å². The van der Waals surface area contributed by atoms with Crippen molar-refractivity contribution in [2.45, 2.75) is 38.6 Å². The highest BCUT2D eigenvalue weighted by Crippen LogP contribution is 2.21. The molecule has 1 aliphatic rings. The lowest BCUT2D eigenvalue weighted by Crippen LogP contribution is -2.37. The number of carbonyl (C=O) groups is 1. The first-order valence-electron chi connectivity index (χ1n) is 5.85. The van der Waals surface area contributed by atoms with Crippen LogP contribution in [0.5, 0.6) is 0 Å². The van der Waals surface area contributed by atoms with Crippen molar-refractivity contribution in [2.75, 3.05) is 26.7 Å². The molecule has 1 N–H and O–H groups in total. The minimum absolute atomic E-state index is 0.308.